The van der Waals surface area contributed by atoms with Crippen molar-refractivity contribution in [1.82, 2.24) is 0 Å². The first-order valence-electron chi connectivity index (χ1n) is 11.1. The van der Waals surface area contributed by atoms with Gasteiger partial charge in [0.15, 0.2) is 0 Å². The topological polar surface area (TPSA) is 29.5 Å². The molecule has 2 nitrogen and oxygen atoms in total. The number of hydrogen-bond donors (Lipinski definition) is 1. The molecule has 0 aromatic heterocycles. The molecule has 161 valence electrons. The summed E-state index contributed by atoms with van der Waals surface area (Å²) in [6, 6.07) is 30.9. The van der Waals surface area contributed by atoms with Crippen LogP contribution in [0.2, 0.25) is 0 Å². The zero-order valence-electron chi connectivity index (χ0n) is 19.0. The molecule has 4 aromatic carbocycles. The van der Waals surface area contributed by atoms with Gasteiger partial charge in [-0.05, 0) is 61.1 Å². The summed E-state index contributed by atoms with van der Waals surface area (Å²) in [6.07, 6.45) is 0.542. The van der Waals surface area contributed by atoms with Gasteiger partial charge < -0.3 is 9.84 Å². The van der Waals surface area contributed by atoms with Gasteiger partial charge in [0, 0.05) is 17.7 Å². The highest BCUT2D eigenvalue weighted by Crippen LogP contribution is 2.43. The molecule has 0 unspecified atom stereocenters. The highest BCUT2D eigenvalue weighted by molar-refractivity contribution is 5.89. The van der Waals surface area contributed by atoms with Crippen molar-refractivity contribution in [3.8, 4) is 28.0 Å². The normalized spacial score (nSPS) is 10.9. The molecule has 0 aliphatic rings. The lowest BCUT2D eigenvalue weighted by Crippen LogP contribution is -2.05. The highest BCUT2D eigenvalue weighted by atomic mass is 16.5. The van der Waals surface area contributed by atoms with Crippen molar-refractivity contribution in [1.29, 1.82) is 0 Å². The fourth-order valence-electron chi connectivity index (χ4n) is 3.95. The van der Waals surface area contributed by atoms with Gasteiger partial charge in [0.2, 0.25) is 0 Å². The van der Waals surface area contributed by atoms with E-state index in [1.165, 1.54) is 11.1 Å². The Kier molecular flexibility index (Phi) is 6.72. The average molecular weight is 422 g/mol. The van der Waals surface area contributed by atoms with Crippen molar-refractivity contribution in [2.75, 3.05) is 6.61 Å². The molecule has 1 radical (unpaired) electrons. The van der Waals surface area contributed by atoms with Crippen molar-refractivity contribution in [2.24, 2.45) is 0 Å². The lowest BCUT2D eigenvalue weighted by atomic mass is 9.88. The van der Waals surface area contributed by atoms with Gasteiger partial charge in [-0.3, -0.25) is 0 Å². The summed E-state index contributed by atoms with van der Waals surface area (Å²) in [5.41, 5.74) is 9.82. The number of hydrogen-bond acceptors (Lipinski definition) is 2. The first-order chi connectivity index (χ1) is 15.6. The van der Waals surface area contributed by atoms with Crippen LogP contribution >= 0.6 is 0 Å². The van der Waals surface area contributed by atoms with Gasteiger partial charge in [0.05, 0.1) is 0 Å². The number of benzene rings is 4. The molecule has 4 rings (SSSR count). The van der Waals surface area contributed by atoms with E-state index in [1.807, 2.05) is 18.2 Å². The zero-order chi connectivity index (χ0) is 22.5. The molecule has 1 N–H and O–H groups in total. The van der Waals surface area contributed by atoms with Gasteiger partial charge in [-0.1, -0.05) is 90.0 Å². The first-order valence-corrected chi connectivity index (χ1v) is 11.1. The second-order valence-corrected chi connectivity index (χ2v) is 8.29. The van der Waals surface area contributed by atoms with Crippen molar-refractivity contribution in [2.45, 2.75) is 33.8 Å². The second-order valence-electron chi connectivity index (χ2n) is 8.29. The van der Waals surface area contributed by atoms with E-state index in [1.54, 1.807) is 0 Å². The molecule has 0 bridgehead atoms. The van der Waals surface area contributed by atoms with Crippen molar-refractivity contribution >= 4 is 0 Å². The van der Waals surface area contributed by atoms with Crippen LogP contribution in [0.4, 0.5) is 0 Å². The highest BCUT2D eigenvalue weighted by Gasteiger charge is 2.20. The van der Waals surface area contributed by atoms with E-state index < -0.39 is 0 Å². The summed E-state index contributed by atoms with van der Waals surface area (Å²) in [7, 11) is 0. The third-order valence-electron chi connectivity index (χ3n) is 5.81. The maximum atomic E-state index is 9.70. The van der Waals surface area contributed by atoms with E-state index in [4.69, 9.17) is 4.74 Å². The Morgan fingerprint density at radius 1 is 0.750 bits per heavy atom. The van der Waals surface area contributed by atoms with Crippen LogP contribution < -0.4 is 4.74 Å². The van der Waals surface area contributed by atoms with Crippen LogP contribution in [-0.2, 0) is 13.0 Å². The van der Waals surface area contributed by atoms with E-state index in [-0.39, 0.29) is 6.61 Å². The summed E-state index contributed by atoms with van der Waals surface area (Å²) in [4.78, 5) is 0. The second kappa shape index (κ2) is 9.84. The van der Waals surface area contributed by atoms with Gasteiger partial charge in [0.1, 0.15) is 12.4 Å². The maximum absolute atomic E-state index is 9.70. The molecule has 0 amide bonds. The predicted molar refractivity (Wildman–Crippen MR) is 132 cm³/mol. The summed E-state index contributed by atoms with van der Waals surface area (Å²) in [5.74, 6) is 0.857. The molecule has 0 atom stereocenters. The Hall–Kier alpha value is -3.36. The van der Waals surface area contributed by atoms with Crippen LogP contribution in [0.25, 0.3) is 22.3 Å². The molecule has 0 saturated heterocycles. The van der Waals surface area contributed by atoms with Gasteiger partial charge in [-0.2, -0.15) is 0 Å². The van der Waals surface area contributed by atoms with E-state index in [0.29, 0.717) is 13.0 Å². The monoisotopic (exact) mass is 421 g/mol. The van der Waals surface area contributed by atoms with Crippen LogP contribution in [0.15, 0.2) is 78.9 Å². The summed E-state index contributed by atoms with van der Waals surface area (Å²) >= 11 is 0. The van der Waals surface area contributed by atoms with Crippen molar-refractivity contribution in [3.05, 3.63) is 113 Å². The molecule has 0 heterocycles. The molecule has 4 aromatic rings. The molecule has 2 heteroatoms. The van der Waals surface area contributed by atoms with Gasteiger partial charge in [0.25, 0.3) is 0 Å². The zero-order valence-corrected chi connectivity index (χ0v) is 19.0. The minimum absolute atomic E-state index is 0.0761. The lowest BCUT2D eigenvalue weighted by Gasteiger charge is -2.21. The maximum Gasteiger partial charge on any atom is 0.131 e. The molecule has 0 fully saturated rings. The number of aryl methyl sites for hydroxylation is 2. The molecule has 0 saturated carbocycles. The Morgan fingerprint density at radius 3 is 1.94 bits per heavy atom. The third-order valence-corrected chi connectivity index (χ3v) is 5.81. The number of ether oxygens (including phenoxy) is 1. The third kappa shape index (κ3) is 4.76. The van der Waals surface area contributed by atoms with Gasteiger partial charge in [-0.15, -0.1) is 0 Å². The van der Waals surface area contributed by atoms with E-state index in [2.05, 4.69) is 87.5 Å². The van der Waals surface area contributed by atoms with E-state index in [9.17, 15) is 5.11 Å². The van der Waals surface area contributed by atoms with Crippen molar-refractivity contribution < 1.29 is 9.84 Å². The summed E-state index contributed by atoms with van der Waals surface area (Å²) < 4.78 is 6.51. The largest absolute Gasteiger partial charge is 0.488 e. The fourth-order valence-corrected chi connectivity index (χ4v) is 3.95. The number of aliphatic hydroxyl groups is 1. The number of rotatable bonds is 7. The molecular formula is C30H29O2. The predicted octanol–water partition coefficient (Wildman–Crippen LogP) is 6.86. The first kappa shape index (κ1) is 21.9. The van der Waals surface area contributed by atoms with E-state index >= 15 is 0 Å². The Bertz CT molecular complexity index is 1170. The van der Waals surface area contributed by atoms with Crippen LogP contribution in [0, 0.1) is 26.8 Å². The lowest BCUT2D eigenvalue weighted by molar-refractivity contribution is 0.295. The van der Waals surface area contributed by atoms with Crippen LogP contribution in [0.1, 0.15) is 27.8 Å². The van der Waals surface area contributed by atoms with Crippen LogP contribution in [0.3, 0.4) is 0 Å². The quantitative estimate of drug-likeness (QED) is 0.353. The Labute approximate surface area is 191 Å². The Morgan fingerprint density at radius 2 is 1.34 bits per heavy atom. The average Bonchev–Trinajstić information content (AvgIpc) is 2.81. The van der Waals surface area contributed by atoms with Crippen molar-refractivity contribution in [3.63, 3.8) is 0 Å². The molecule has 32 heavy (non-hydrogen) atoms. The standard InChI is InChI=1S/C30H29O2/c1-21-9-13-25(14-10-21)28-19-27(17-18-31)23(3)30(32-20-24-7-5-4-6-8-24)29(28)26-15-11-22(2)12-16-26/h4-16,31H,17-18,20H2,1-3H3. The SMILES string of the molecule is Cc1ccc(-c2[c]c(CCO)c(C)c(OCc3ccccc3)c2-c2ccc(C)cc2)cc1. The molecular weight excluding hydrogens is 392 g/mol. The summed E-state index contributed by atoms with van der Waals surface area (Å²) in [6.45, 7) is 6.82. The minimum Gasteiger partial charge on any atom is -0.488 e. The Balaban J connectivity index is 1.93. The fraction of sp³-hybridized carbons (Fsp3) is 0.200. The summed E-state index contributed by atoms with van der Waals surface area (Å²) in [5, 5.41) is 9.70. The van der Waals surface area contributed by atoms with Gasteiger partial charge in [-0.25, -0.2) is 0 Å². The molecule has 0 spiro atoms. The molecule has 0 aliphatic heterocycles. The minimum atomic E-state index is 0.0761. The van der Waals surface area contributed by atoms with Crippen LogP contribution in [0.5, 0.6) is 5.75 Å². The molecule has 0 aliphatic carbocycles. The van der Waals surface area contributed by atoms with Crippen LogP contribution in [-0.4, -0.2) is 11.7 Å². The van der Waals surface area contributed by atoms with E-state index in [0.717, 1.165) is 44.7 Å². The number of aliphatic hydroxyl groups excluding tert-OH is 1. The smallest absolute Gasteiger partial charge is 0.131 e. The van der Waals surface area contributed by atoms with Gasteiger partial charge >= 0.3 is 0 Å².